The zero-order chi connectivity index (χ0) is 22.6. The minimum atomic E-state index is -4.20. The lowest BCUT2D eigenvalue weighted by atomic mass is 10.1. The second kappa shape index (κ2) is 9.30. The maximum absolute atomic E-state index is 13.3. The van der Waals surface area contributed by atoms with Crippen molar-refractivity contribution in [1.29, 1.82) is 0 Å². The summed E-state index contributed by atoms with van der Waals surface area (Å²) in [4.78, 5) is 40.6. The van der Waals surface area contributed by atoms with E-state index in [1.54, 1.807) is 54.3 Å². The molecular weight excluding hydrogens is 418 g/mol. The van der Waals surface area contributed by atoms with E-state index in [1.807, 2.05) is 0 Å². The standard InChI is InChI=1S/C22H25N3O5S/c1-16-8-6-7-11-19(16)20(27)23-21(31(29,30)18-9-4-3-5-10-18)22(28)25-14-12-24(13-15-25)17(2)26/h3-11,21H,12-15H2,1-2H3,(H,23,27)/t21-/m0/s1. The molecule has 0 saturated carbocycles. The molecule has 9 heteroatoms. The molecule has 0 radical (unpaired) electrons. The second-order valence-electron chi connectivity index (χ2n) is 7.36. The fourth-order valence-electron chi connectivity index (χ4n) is 3.45. The molecule has 1 fully saturated rings. The van der Waals surface area contributed by atoms with Gasteiger partial charge in [-0.05, 0) is 30.7 Å². The van der Waals surface area contributed by atoms with Crippen LogP contribution in [0.3, 0.4) is 0 Å². The quantitative estimate of drug-likeness (QED) is 0.748. The lowest BCUT2D eigenvalue weighted by molar-refractivity contribution is -0.138. The van der Waals surface area contributed by atoms with E-state index in [4.69, 9.17) is 0 Å². The Kier molecular flexibility index (Phi) is 6.74. The Bertz CT molecular complexity index is 1080. The second-order valence-corrected chi connectivity index (χ2v) is 9.39. The van der Waals surface area contributed by atoms with Crippen LogP contribution in [0.15, 0.2) is 59.5 Å². The molecule has 3 rings (SSSR count). The molecule has 8 nitrogen and oxygen atoms in total. The number of nitrogens with zero attached hydrogens (tertiary/aromatic N) is 2. The van der Waals surface area contributed by atoms with Crippen LogP contribution < -0.4 is 5.32 Å². The van der Waals surface area contributed by atoms with Gasteiger partial charge in [0.2, 0.25) is 21.1 Å². The van der Waals surface area contributed by atoms with Gasteiger partial charge < -0.3 is 15.1 Å². The summed E-state index contributed by atoms with van der Waals surface area (Å²) in [6.07, 6.45) is 0. The van der Waals surface area contributed by atoms with Crippen LogP contribution in [0.1, 0.15) is 22.8 Å². The van der Waals surface area contributed by atoms with Crippen LogP contribution >= 0.6 is 0 Å². The fraction of sp³-hybridized carbons (Fsp3) is 0.318. The molecule has 1 atom stereocenters. The predicted molar refractivity (Wildman–Crippen MR) is 115 cm³/mol. The van der Waals surface area contributed by atoms with Crippen molar-refractivity contribution in [3.63, 3.8) is 0 Å². The summed E-state index contributed by atoms with van der Waals surface area (Å²) in [7, 11) is -4.20. The molecule has 1 N–H and O–H groups in total. The maximum atomic E-state index is 13.3. The normalized spacial score (nSPS) is 15.3. The number of hydrogen-bond acceptors (Lipinski definition) is 5. The van der Waals surface area contributed by atoms with Gasteiger partial charge in [-0.2, -0.15) is 0 Å². The SMILES string of the molecule is CC(=O)N1CCN(C(=O)[C@@H](NC(=O)c2ccccc2C)S(=O)(=O)c2ccccc2)CC1. The van der Waals surface area contributed by atoms with Gasteiger partial charge >= 0.3 is 0 Å². The Morgan fingerprint density at radius 2 is 1.42 bits per heavy atom. The van der Waals surface area contributed by atoms with E-state index in [2.05, 4.69) is 5.32 Å². The van der Waals surface area contributed by atoms with Gasteiger partial charge in [0, 0.05) is 38.7 Å². The molecule has 1 aliphatic heterocycles. The molecule has 0 unspecified atom stereocenters. The number of nitrogens with one attached hydrogen (secondary N) is 1. The van der Waals surface area contributed by atoms with Crippen LogP contribution in [0, 0.1) is 6.92 Å². The van der Waals surface area contributed by atoms with Gasteiger partial charge in [0.05, 0.1) is 4.90 Å². The summed E-state index contributed by atoms with van der Waals surface area (Å²) < 4.78 is 26.6. The molecule has 1 heterocycles. The first-order chi connectivity index (χ1) is 14.7. The number of carbonyl (C=O) groups excluding carboxylic acids is 3. The number of piperazine rings is 1. The highest BCUT2D eigenvalue weighted by atomic mass is 32.2. The summed E-state index contributed by atoms with van der Waals surface area (Å²) in [5.41, 5.74) is 0.961. The van der Waals surface area contributed by atoms with Gasteiger partial charge in [-0.15, -0.1) is 0 Å². The molecule has 2 aromatic rings. The molecule has 1 aliphatic rings. The molecule has 2 aromatic carbocycles. The average Bonchev–Trinajstić information content (AvgIpc) is 2.77. The Labute approximate surface area is 181 Å². The largest absolute Gasteiger partial charge is 0.339 e. The summed E-state index contributed by atoms with van der Waals surface area (Å²) in [6, 6.07) is 14.3. The molecule has 31 heavy (non-hydrogen) atoms. The smallest absolute Gasteiger partial charge is 0.261 e. The van der Waals surface area contributed by atoms with Gasteiger partial charge in [0.25, 0.3) is 11.8 Å². The van der Waals surface area contributed by atoms with Crippen molar-refractivity contribution in [1.82, 2.24) is 15.1 Å². The van der Waals surface area contributed by atoms with E-state index in [0.29, 0.717) is 24.2 Å². The highest BCUT2D eigenvalue weighted by Gasteiger charge is 2.39. The first-order valence-corrected chi connectivity index (χ1v) is 11.5. The van der Waals surface area contributed by atoms with Crippen molar-refractivity contribution in [3.8, 4) is 0 Å². The average molecular weight is 444 g/mol. The van der Waals surface area contributed by atoms with Crippen LogP contribution in [0.4, 0.5) is 0 Å². The highest BCUT2D eigenvalue weighted by molar-refractivity contribution is 7.92. The van der Waals surface area contributed by atoms with Crippen molar-refractivity contribution in [2.24, 2.45) is 0 Å². The van der Waals surface area contributed by atoms with Crippen LogP contribution in [0.5, 0.6) is 0 Å². The predicted octanol–water partition coefficient (Wildman–Crippen LogP) is 1.22. The highest BCUT2D eigenvalue weighted by Crippen LogP contribution is 2.18. The zero-order valence-electron chi connectivity index (χ0n) is 17.4. The number of amides is 3. The van der Waals surface area contributed by atoms with E-state index >= 15 is 0 Å². The molecule has 0 bridgehead atoms. The fourth-order valence-corrected chi connectivity index (χ4v) is 4.94. The minimum Gasteiger partial charge on any atom is -0.339 e. The van der Waals surface area contributed by atoms with E-state index in [0.717, 1.165) is 0 Å². The van der Waals surface area contributed by atoms with Gasteiger partial charge in [-0.1, -0.05) is 36.4 Å². The molecular formula is C22H25N3O5S. The first-order valence-electron chi connectivity index (χ1n) is 9.91. The van der Waals surface area contributed by atoms with Crippen LogP contribution in [0.2, 0.25) is 0 Å². The number of carbonyl (C=O) groups is 3. The summed E-state index contributed by atoms with van der Waals surface area (Å²) >= 11 is 0. The monoisotopic (exact) mass is 443 g/mol. The van der Waals surface area contributed by atoms with E-state index in [-0.39, 0.29) is 23.9 Å². The Morgan fingerprint density at radius 1 is 0.871 bits per heavy atom. The zero-order valence-corrected chi connectivity index (χ0v) is 18.3. The number of sulfone groups is 1. The summed E-state index contributed by atoms with van der Waals surface area (Å²) in [5, 5.41) is 0.673. The molecule has 3 amide bonds. The molecule has 0 aliphatic carbocycles. The lowest BCUT2D eigenvalue weighted by Gasteiger charge is -2.36. The molecule has 0 aromatic heterocycles. The van der Waals surface area contributed by atoms with E-state index in [9.17, 15) is 22.8 Å². The Hall–Kier alpha value is -3.20. The third kappa shape index (κ3) is 4.93. The van der Waals surface area contributed by atoms with E-state index in [1.165, 1.54) is 24.0 Å². The Morgan fingerprint density at radius 3 is 2.00 bits per heavy atom. The molecule has 1 saturated heterocycles. The molecule has 0 spiro atoms. The topological polar surface area (TPSA) is 104 Å². The third-order valence-corrected chi connectivity index (χ3v) is 7.16. The van der Waals surface area contributed by atoms with Crippen molar-refractivity contribution in [3.05, 3.63) is 65.7 Å². The third-order valence-electron chi connectivity index (χ3n) is 5.29. The van der Waals surface area contributed by atoms with Crippen LogP contribution in [-0.4, -0.2) is 67.5 Å². The maximum Gasteiger partial charge on any atom is 0.261 e. The Balaban J connectivity index is 1.91. The van der Waals surface area contributed by atoms with Crippen molar-refractivity contribution < 1.29 is 22.8 Å². The van der Waals surface area contributed by atoms with Crippen LogP contribution in [0.25, 0.3) is 0 Å². The van der Waals surface area contributed by atoms with Gasteiger partial charge in [-0.25, -0.2) is 8.42 Å². The summed E-state index contributed by atoms with van der Waals surface area (Å²) in [6.45, 7) is 4.19. The minimum absolute atomic E-state index is 0.0548. The van der Waals surface area contributed by atoms with Gasteiger partial charge in [0.1, 0.15) is 0 Å². The van der Waals surface area contributed by atoms with Gasteiger partial charge in [0.15, 0.2) is 0 Å². The number of aryl methyl sites for hydroxylation is 1. The van der Waals surface area contributed by atoms with E-state index < -0.39 is 27.0 Å². The lowest BCUT2D eigenvalue weighted by Crippen LogP contribution is -2.57. The number of rotatable bonds is 5. The van der Waals surface area contributed by atoms with Crippen molar-refractivity contribution in [2.45, 2.75) is 24.1 Å². The van der Waals surface area contributed by atoms with Crippen molar-refractivity contribution >= 4 is 27.6 Å². The van der Waals surface area contributed by atoms with Gasteiger partial charge in [-0.3, -0.25) is 14.4 Å². The summed E-state index contributed by atoms with van der Waals surface area (Å²) in [5.74, 6) is -1.46. The first kappa shape index (κ1) is 22.5. The molecule has 164 valence electrons. The van der Waals surface area contributed by atoms with Crippen LogP contribution in [-0.2, 0) is 19.4 Å². The number of hydrogen-bond donors (Lipinski definition) is 1. The van der Waals surface area contributed by atoms with Crippen molar-refractivity contribution in [2.75, 3.05) is 26.2 Å². The number of benzene rings is 2.